The first-order valence-corrected chi connectivity index (χ1v) is 10.8. The quantitative estimate of drug-likeness (QED) is 0.754. The van der Waals surface area contributed by atoms with Crippen molar-refractivity contribution in [3.8, 4) is 0 Å². The molecular formula is C25H28FN3O2. The first-order valence-electron chi connectivity index (χ1n) is 10.8. The molecule has 2 aromatic carbocycles. The van der Waals surface area contributed by atoms with Gasteiger partial charge in [-0.05, 0) is 43.0 Å². The molecule has 4 rings (SSSR count). The summed E-state index contributed by atoms with van der Waals surface area (Å²) in [6, 6.07) is 16.5. The molecule has 0 saturated carbocycles. The van der Waals surface area contributed by atoms with Crippen molar-refractivity contribution in [2.75, 3.05) is 31.1 Å². The van der Waals surface area contributed by atoms with Gasteiger partial charge < -0.3 is 15.1 Å². The normalized spacial score (nSPS) is 20.4. The number of likely N-dealkylation sites (tertiary alicyclic amines) is 1. The number of carbonyl (C=O) groups excluding carboxylic acids is 2. The fourth-order valence-electron chi connectivity index (χ4n) is 4.77. The highest BCUT2D eigenvalue weighted by Crippen LogP contribution is 2.36. The summed E-state index contributed by atoms with van der Waals surface area (Å²) in [4.78, 5) is 29.4. The van der Waals surface area contributed by atoms with Gasteiger partial charge in [0, 0.05) is 32.2 Å². The third kappa shape index (κ3) is 4.20. The molecule has 0 spiro atoms. The lowest BCUT2D eigenvalue weighted by molar-refractivity contribution is -0.134. The number of nitrogens with zero attached hydrogens (tertiary/aromatic N) is 2. The number of benzene rings is 2. The molecule has 0 aliphatic carbocycles. The van der Waals surface area contributed by atoms with E-state index in [4.69, 9.17) is 0 Å². The second-order valence-electron chi connectivity index (χ2n) is 8.33. The summed E-state index contributed by atoms with van der Waals surface area (Å²) >= 11 is 0. The zero-order valence-corrected chi connectivity index (χ0v) is 17.6. The van der Waals surface area contributed by atoms with Gasteiger partial charge in [-0.1, -0.05) is 49.0 Å². The smallest absolute Gasteiger partial charge is 0.245 e. The molecule has 0 aromatic heterocycles. The lowest BCUT2D eigenvalue weighted by atomic mass is 9.71. The van der Waals surface area contributed by atoms with Crippen molar-refractivity contribution in [2.45, 2.75) is 30.7 Å². The van der Waals surface area contributed by atoms with Crippen molar-refractivity contribution in [1.82, 2.24) is 10.2 Å². The minimum Gasteiger partial charge on any atom is -0.367 e. The number of carbonyl (C=O) groups is 2. The molecule has 2 heterocycles. The van der Waals surface area contributed by atoms with E-state index >= 15 is 0 Å². The molecule has 2 aliphatic rings. The van der Waals surface area contributed by atoms with Crippen molar-refractivity contribution in [2.24, 2.45) is 0 Å². The molecule has 2 aliphatic heterocycles. The maximum atomic E-state index is 14.2. The summed E-state index contributed by atoms with van der Waals surface area (Å²) in [7, 11) is 0. The lowest BCUT2D eigenvalue weighted by Crippen LogP contribution is -2.54. The van der Waals surface area contributed by atoms with Crippen LogP contribution in [0.25, 0.3) is 0 Å². The van der Waals surface area contributed by atoms with Crippen LogP contribution in [0, 0.1) is 5.82 Å². The van der Waals surface area contributed by atoms with Crippen LogP contribution in [0.5, 0.6) is 0 Å². The highest BCUT2D eigenvalue weighted by atomic mass is 19.1. The number of hydrogen-bond acceptors (Lipinski definition) is 3. The summed E-state index contributed by atoms with van der Waals surface area (Å²) in [6.07, 6.45) is 3.22. The van der Waals surface area contributed by atoms with Crippen LogP contribution in [0.1, 0.15) is 24.8 Å². The number of hydrogen-bond donors (Lipinski definition) is 1. The van der Waals surface area contributed by atoms with Crippen LogP contribution in [0.2, 0.25) is 0 Å². The lowest BCUT2D eigenvalue weighted by Gasteiger charge is -2.41. The molecule has 2 amide bonds. The molecule has 2 aromatic rings. The average molecular weight is 422 g/mol. The van der Waals surface area contributed by atoms with Crippen LogP contribution in [0.15, 0.2) is 67.3 Å². The zero-order chi connectivity index (χ0) is 21.8. The number of amides is 2. The summed E-state index contributed by atoms with van der Waals surface area (Å²) in [5.41, 5.74) is 0.875. The van der Waals surface area contributed by atoms with Gasteiger partial charge in [-0.15, -0.1) is 0 Å². The molecule has 2 fully saturated rings. The fraction of sp³-hybridized carbons (Fsp3) is 0.360. The number of halogens is 1. The van der Waals surface area contributed by atoms with Gasteiger partial charge in [0.2, 0.25) is 11.8 Å². The fourth-order valence-corrected chi connectivity index (χ4v) is 4.77. The van der Waals surface area contributed by atoms with E-state index in [9.17, 15) is 14.0 Å². The molecule has 31 heavy (non-hydrogen) atoms. The molecule has 5 nitrogen and oxygen atoms in total. The molecule has 2 saturated heterocycles. The maximum absolute atomic E-state index is 14.2. The molecule has 0 radical (unpaired) electrons. The van der Waals surface area contributed by atoms with Crippen LogP contribution >= 0.6 is 0 Å². The Morgan fingerprint density at radius 3 is 2.39 bits per heavy atom. The Balaban J connectivity index is 1.49. The Kier molecular flexibility index (Phi) is 6.07. The van der Waals surface area contributed by atoms with Crippen LogP contribution in [-0.2, 0) is 15.0 Å². The summed E-state index contributed by atoms with van der Waals surface area (Å²) in [5.74, 6) is -0.349. The Bertz CT molecular complexity index is 954. The Hall–Kier alpha value is -3.15. The minimum atomic E-state index is -0.676. The molecular weight excluding hydrogens is 393 g/mol. The van der Waals surface area contributed by atoms with Gasteiger partial charge in [0.25, 0.3) is 0 Å². The van der Waals surface area contributed by atoms with E-state index in [1.807, 2.05) is 41.3 Å². The highest BCUT2D eigenvalue weighted by Gasteiger charge is 2.44. The predicted octanol–water partition coefficient (Wildman–Crippen LogP) is 3.27. The number of rotatable bonds is 5. The Morgan fingerprint density at radius 2 is 1.71 bits per heavy atom. The van der Waals surface area contributed by atoms with Crippen LogP contribution in [-0.4, -0.2) is 48.9 Å². The standard InChI is InChI=1S/C25H28FN3O2/c1-2-23(30)28-16-13-25(14-17-28,19-8-4-3-5-9-19)24(31)27-20-12-15-29(18-20)22-11-7-6-10-21(22)26/h2-11,20H,1,12-18H2,(H,27,31). The number of piperidine rings is 1. The first-order chi connectivity index (χ1) is 15.0. The van der Waals surface area contributed by atoms with Gasteiger partial charge in [-0.2, -0.15) is 0 Å². The van der Waals surface area contributed by atoms with Crippen molar-refractivity contribution < 1.29 is 14.0 Å². The average Bonchev–Trinajstić information content (AvgIpc) is 3.27. The third-order valence-corrected chi connectivity index (χ3v) is 6.58. The van der Waals surface area contributed by atoms with E-state index in [0.717, 1.165) is 12.0 Å². The molecule has 162 valence electrons. The SMILES string of the molecule is C=CC(=O)N1CCC(C(=O)NC2CCN(c3ccccc3F)C2)(c2ccccc2)CC1. The van der Waals surface area contributed by atoms with E-state index < -0.39 is 5.41 Å². The van der Waals surface area contributed by atoms with E-state index in [0.29, 0.717) is 44.7 Å². The number of anilines is 1. The van der Waals surface area contributed by atoms with Gasteiger partial charge in [-0.3, -0.25) is 9.59 Å². The number of nitrogens with one attached hydrogen (secondary N) is 1. The predicted molar refractivity (Wildman–Crippen MR) is 119 cm³/mol. The van der Waals surface area contributed by atoms with Crippen molar-refractivity contribution in [1.29, 1.82) is 0 Å². The number of para-hydroxylation sites is 1. The van der Waals surface area contributed by atoms with Gasteiger partial charge in [0.15, 0.2) is 0 Å². The van der Waals surface area contributed by atoms with Gasteiger partial charge in [0.1, 0.15) is 5.82 Å². The van der Waals surface area contributed by atoms with Crippen molar-refractivity contribution >= 4 is 17.5 Å². The second kappa shape index (κ2) is 8.92. The van der Waals surface area contributed by atoms with E-state index in [-0.39, 0.29) is 23.7 Å². The van der Waals surface area contributed by atoms with E-state index in [1.54, 1.807) is 17.0 Å². The topological polar surface area (TPSA) is 52.7 Å². The van der Waals surface area contributed by atoms with Gasteiger partial charge in [-0.25, -0.2) is 4.39 Å². The minimum absolute atomic E-state index is 0.00946. The van der Waals surface area contributed by atoms with Gasteiger partial charge >= 0.3 is 0 Å². The van der Waals surface area contributed by atoms with Crippen molar-refractivity contribution in [3.05, 3.63) is 78.6 Å². The van der Waals surface area contributed by atoms with Crippen LogP contribution in [0.3, 0.4) is 0 Å². The van der Waals surface area contributed by atoms with Crippen molar-refractivity contribution in [3.63, 3.8) is 0 Å². The zero-order valence-electron chi connectivity index (χ0n) is 17.6. The summed E-state index contributed by atoms with van der Waals surface area (Å²) < 4.78 is 14.2. The molecule has 1 atom stereocenters. The molecule has 1 N–H and O–H groups in total. The Morgan fingerprint density at radius 1 is 1.03 bits per heavy atom. The Labute approximate surface area is 182 Å². The van der Waals surface area contributed by atoms with Gasteiger partial charge in [0.05, 0.1) is 11.1 Å². The second-order valence-corrected chi connectivity index (χ2v) is 8.33. The first kappa shape index (κ1) is 21.1. The van der Waals surface area contributed by atoms with E-state index in [1.165, 1.54) is 12.1 Å². The molecule has 1 unspecified atom stereocenters. The largest absolute Gasteiger partial charge is 0.367 e. The third-order valence-electron chi connectivity index (χ3n) is 6.58. The summed E-state index contributed by atoms with van der Waals surface area (Å²) in [5, 5.41) is 3.24. The van der Waals surface area contributed by atoms with Crippen LogP contribution in [0.4, 0.5) is 10.1 Å². The highest BCUT2D eigenvalue weighted by molar-refractivity contribution is 5.90. The van der Waals surface area contributed by atoms with E-state index in [2.05, 4.69) is 11.9 Å². The molecule has 6 heteroatoms. The monoisotopic (exact) mass is 421 g/mol. The summed E-state index contributed by atoms with van der Waals surface area (Å²) in [6.45, 7) is 5.88. The molecule has 0 bridgehead atoms. The maximum Gasteiger partial charge on any atom is 0.245 e. The van der Waals surface area contributed by atoms with Crippen LogP contribution < -0.4 is 10.2 Å².